The van der Waals surface area contributed by atoms with Crippen molar-refractivity contribution in [2.75, 3.05) is 64.3 Å². The van der Waals surface area contributed by atoms with Gasteiger partial charge >= 0.3 is 5.97 Å². The Labute approximate surface area is 458 Å². The molecule has 0 aliphatic rings. The van der Waals surface area contributed by atoms with E-state index in [-0.39, 0.29) is 81.5 Å². The number of anilines is 1. The number of rotatable bonds is 39. The van der Waals surface area contributed by atoms with Crippen LogP contribution in [0.4, 0.5) is 11.4 Å². The van der Waals surface area contributed by atoms with E-state index >= 15 is 0 Å². The number of thiocarbonyl (C=S) groups is 2. The summed E-state index contributed by atoms with van der Waals surface area (Å²) in [4.78, 5) is 113. The highest BCUT2D eigenvalue weighted by molar-refractivity contribution is 7.80. The average molecular weight is 1120 g/mol. The zero-order valence-electron chi connectivity index (χ0n) is 43.4. The molecule has 25 nitrogen and oxygen atoms in total. The monoisotopic (exact) mass is 1120 g/mol. The van der Waals surface area contributed by atoms with Crippen LogP contribution in [0, 0.1) is 0 Å². The summed E-state index contributed by atoms with van der Waals surface area (Å²) >= 11 is 9.89. The number of ether oxygens (including phenoxy) is 1. The number of unbranched alkanes of at least 4 members (excludes halogenated alkanes) is 7. The molecule has 0 heterocycles. The first-order chi connectivity index (χ1) is 36.9. The van der Waals surface area contributed by atoms with Crippen molar-refractivity contribution in [3.05, 3.63) is 54.1 Å². The van der Waals surface area contributed by atoms with Gasteiger partial charge in [0, 0.05) is 89.7 Å². The lowest BCUT2D eigenvalue weighted by atomic mass is 10.1. The number of amides is 8. The van der Waals surface area contributed by atoms with Crippen LogP contribution in [0.2, 0.25) is 0 Å². The highest BCUT2D eigenvalue weighted by Gasteiger charge is 2.21. The number of carboxylic acid groups (broad SMARTS) is 1. The minimum atomic E-state index is -1.22. The van der Waals surface area contributed by atoms with E-state index in [1.807, 2.05) is 0 Å². The van der Waals surface area contributed by atoms with Crippen LogP contribution in [0.25, 0.3) is 0 Å². The zero-order chi connectivity index (χ0) is 56.8. The Balaban J connectivity index is 1.50. The molecule has 0 radical (unpaired) electrons. The minimum absolute atomic E-state index is 0.0297. The van der Waals surface area contributed by atoms with Gasteiger partial charge in [0.15, 0.2) is 11.7 Å². The number of carboxylic acids is 1. The maximum Gasteiger partial charge on any atom is 0.326 e. The number of hydrogen-bond donors (Lipinski definition) is 11. The lowest BCUT2D eigenvalue weighted by molar-refractivity contribution is -0.166. The van der Waals surface area contributed by atoms with E-state index in [4.69, 9.17) is 17.0 Å². The van der Waals surface area contributed by atoms with Gasteiger partial charge in [0.05, 0.1) is 17.4 Å². The molecule has 0 aromatic heterocycles. The molecule has 0 unspecified atom stereocenters. The van der Waals surface area contributed by atoms with Gasteiger partial charge in [0.1, 0.15) is 11.8 Å². The van der Waals surface area contributed by atoms with Crippen molar-refractivity contribution in [2.24, 2.45) is 4.99 Å². The summed E-state index contributed by atoms with van der Waals surface area (Å²) in [5.41, 5.74) is 1.53. The predicted molar refractivity (Wildman–Crippen MR) is 288 cm³/mol. The molecule has 0 fully saturated rings. The summed E-state index contributed by atoms with van der Waals surface area (Å²) in [6.07, 6.45) is 5.61. The zero-order valence-corrected chi connectivity index (χ0v) is 45.0. The number of benzene rings is 2. The van der Waals surface area contributed by atoms with Crippen molar-refractivity contribution >= 4 is 99.3 Å². The number of isothiocyanates is 1. The fraction of sp³-hybridized carbons (Fsp3) is 0.540. The van der Waals surface area contributed by atoms with Gasteiger partial charge in [-0.3, -0.25) is 54.0 Å². The molecule has 0 saturated carbocycles. The second-order valence-corrected chi connectivity index (χ2v) is 18.1. The van der Waals surface area contributed by atoms with Gasteiger partial charge in [-0.25, -0.2) is 20.0 Å². The molecule has 2 aromatic carbocycles. The van der Waals surface area contributed by atoms with Crippen molar-refractivity contribution in [3.63, 3.8) is 0 Å². The lowest BCUT2D eigenvalue weighted by Gasteiger charge is -2.15. The summed E-state index contributed by atoms with van der Waals surface area (Å²) < 4.78 is 5.53. The normalized spacial score (nSPS) is 10.9. The number of carbonyl (C=O) groups excluding carboxylic acids is 8. The summed E-state index contributed by atoms with van der Waals surface area (Å²) in [7, 11) is 0. The van der Waals surface area contributed by atoms with Gasteiger partial charge in [-0.05, 0) is 144 Å². The SMILES string of the molecule is CC(=O)N(O)CCCCCNC(=O)CCC(=O)N(O)CCCCCNC(=O)CCC(=O)N(O)CCCCCNC(=O)COc1cccc(C(=O)NCC(=O)N[C@@H](CCCCNC(=S)Nc2ccc(N=C=S)cc2)C(=O)O)c1. The molecular formula is C50H73N11O14S2. The standard InChI is InChI=1S/C50H73N11O14S2/c1-36(62)59(72)29-10-2-6-25-51-42(63)21-23-46(67)60(73)30-11-3-7-26-52-43(64)22-24-47(68)61(74)31-12-4-8-27-53-45(66)34-75-40-15-13-14-37(32-40)48(69)55-33-44(65)58-41(49(70)71)16-5-9-28-54-50(77)57-39-19-17-38(18-20-39)56-35-76/h13-15,17-20,32,41,72-74H,2-12,16,21-31,33-34H2,1H3,(H,51,63)(H,52,64)(H,53,66)(H,55,69)(H,58,65)(H,70,71)(H2,54,57,77)/t41-/m0/s1. The number of carbonyl (C=O) groups is 9. The summed E-state index contributed by atoms with van der Waals surface area (Å²) in [5, 5.41) is 62.5. The Morgan fingerprint density at radius 1 is 0.623 bits per heavy atom. The Hall–Kier alpha value is -7.16. The predicted octanol–water partition coefficient (Wildman–Crippen LogP) is 3.35. The molecule has 2 rings (SSSR count). The number of aliphatic carboxylic acids is 1. The third kappa shape index (κ3) is 31.5. The van der Waals surface area contributed by atoms with Gasteiger partial charge in [-0.1, -0.05) is 6.07 Å². The van der Waals surface area contributed by atoms with Crippen LogP contribution < -0.4 is 42.0 Å². The van der Waals surface area contributed by atoms with Crippen LogP contribution in [0.5, 0.6) is 5.75 Å². The third-order valence-electron chi connectivity index (χ3n) is 11.2. The first kappa shape index (κ1) is 66.0. The fourth-order valence-electron chi connectivity index (χ4n) is 6.87. The molecule has 77 heavy (non-hydrogen) atoms. The van der Waals surface area contributed by atoms with Crippen molar-refractivity contribution in [2.45, 2.75) is 116 Å². The Bertz CT molecular complexity index is 2290. The molecule has 0 saturated heterocycles. The summed E-state index contributed by atoms with van der Waals surface area (Å²) in [6.45, 7) is 2.16. The minimum Gasteiger partial charge on any atom is -0.484 e. The fourth-order valence-corrected chi connectivity index (χ4v) is 7.20. The molecule has 0 aliphatic carbocycles. The first-order valence-corrected chi connectivity index (χ1v) is 26.2. The largest absolute Gasteiger partial charge is 0.484 e. The second kappa shape index (κ2) is 39.3. The van der Waals surface area contributed by atoms with Crippen LogP contribution in [0.15, 0.2) is 53.5 Å². The van der Waals surface area contributed by atoms with Gasteiger partial charge in [-0.2, -0.15) is 4.99 Å². The maximum atomic E-state index is 12.8. The van der Waals surface area contributed by atoms with E-state index in [1.54, 1.807) is 30.3 Å². The lowest BCUT2D eigenvalue weighted by Crippen LogP contribution is -2.45. The van der Waals surface area contributed by atoms with E-state index in [2.05, 4.69) is 59.6 Å². The van der Waals surface area contributed by atoms with Crippen LogP contribution >= 0.6 is 24.4 Å². The highest BCUT2D eigenvalue weighted by Crippen LogP contribution is 2.16. The van der Waals surface area contributed by atoms with E-state index < -0.39 is 54.0 Å². The third-order valence-corrected chi connectivity index (χ3v) is 11.5. The van der Waals surface area contributed by atoms with Gasteiger partial charge in [0.2, 0.25) is 35.4 Å². The number of nitrogens with zero attached hydrogens (tertiary/aromatic N) is 4. The van der Waals surface area contributed by atoms with E-state index in [0.717, 1.165) is 5.69 Å². The van der Waals surface area contributed by atoms with Crippen LogP contribution in [0.1, 0.15) is 120 Å². The number of hydrogen-bond acceptors (Lipinski definition) is 16. The van der Waals surface area contributed by atoms with Crippen LogP contribution in [-0.4, -0.2) is 164 Å². The Morgan fingerprint density at radius 3 is 1.68 bits per heavy atom. The summed E-state index contributed by atoms with van der Waals surface area (Å²) in [6, 6.07) is 11.8. The van der Waals surface area contributed by atoms with E-state index in [0.29, 0.717) is 123 Å². The Morgan fingerprint density at radius 2 is 1.14 bits per heavy atom. The second-order valence-electron chi connectivity index (χ2n) is 17.5. The molecular weight excluding hydrogens is 1040 g/mol. The average Bonchev–Trinajstić information content (AvgIpc) is 3.40. The molecule has 424 valence electrons. The van der Waals surface area contributed by atoms with Gasteiger partial charge < -0.3 is 47.1 Å². The van der Waals surface area contributed by atoms with Crippen molar-refractivity contribution in [1.29, 1.82) is 0 Å². The topological polar surface area (TPSA) is 350 Å². The molecule has 1 atom stereocenters. The van der Waals surface area contributed by atoms with E-state index in [1.165, 1.54) is 25.1 Å². The van der Waals surface area contributed by atoms with Crippen molar-refractivity contribution in [3.8, 4) is 5.75 Å². The van der Waals surface area contributed by atoms with Crippen LogP contribution in [-0.2, 0) is 38.4 Å². The van der Waals surface area contributed by atoms with Gasteiger partial charge in [0.25, 0.3) is 11.8 Å². The van der Waals surface area contributed by atoms with Crippen molar-refractivity contribution < 1.29 is 68.6 Å². The van der Waals surface area contributed by atoms with Crippen LogP contribution in [0.3, 0.4) is 0 Å². The number of aliphatic imine (C=N–C) groups is 1. The number of hydroxylamine groups is 6. The molecule has 0 spiro atoms. The molecule has 27 heteroatoms. The van der Waals surface area contributed by atoms with Crippen molar-refractivity contribution in [1.82, 2.24) is 47.1 Å². The van der Waals surface area contributed by atoms with Gasteiger partial charge in [-0.15, -0.1) is 0 Å². The quantitative estimate of drug-likeness (QED) is 0.0150. The summed E-state index contributed by atoms with van der Waals surface area (Å²) in [5.74, 6) is -5.11. The van der Waals surface area contributed by atoms with E-state index in [9.17, 15) is 63.9 Å². The molecule has 11 N–H and O–H groups in total. The smallest absolute Gasteiger partial charge is 0.326 e. The maximum absolute atomic E-state index is 12.8. The molecule has 0 bridgehead atoms. The highest BCUT2D eigenvalue weighted by atomic mass is 32.1. The first-order valence-electron chi connectivity index (χ1n) is 25.4. The molecule has 0 aliphatic heterocycles. The Kier molecular flexibility index (Phi) is 33.6. The molecule has 2 aromatic rings. The number of nitrogens with one attached hydrogen (secondary N) is 7. The molecule has 8 amide bonds.